The minimum atomic E-state index is -0.167. The highest BCUT2D eigenvalue weighted by molar-refractivity contribution is 6.22. The molecule has 0 spiro atoms. The van der Waals surface area contributed by atoms with E-state index in [0.29, 0.717) is 0 Å². The average Bonchev–Trinajstić information content (AvgIpc) is 4.16. The van der Waals surface area contributed by atoms with Crippen molar-refractivity contribution in [1.82, 2.24) is 0 Å². The van der Waals surface area contributed by atoms with E-state index in [9.17, 15) is 0 Å². The van der Waals surface area contributed by atoms with Crippen LogP contribution in [0, 0.1) is 0 Å². The van der Waals surface area contributed by atoms with Crippen LogP contribution in [0.1, 0.15) is 49.9 Å². The second kappa shape index (κ2) is 16.6. The number of hydrogen-bond donors (Lipinski definition) is 0. The summed E-state index contributed by atoms with van der Waals surface area (Å²) in [6, 6.07) is 96.1. The smallest absolute Gasteiger partial charge is 0.0159 e. The summed E-state index contributed by atoms with van der Waals surface area (Å²) in [5.41, 5.74) is 31.0. The van der Waals surface area contributed by atoms with Crippen LogP contribution in [0.15, 0.2) is 255 Å². The summed E-state index contributed by atoms with van der Waals surface area (Å²) in [4.78, 5) is 0. The van der Waals surface area contributed by atoms with Gasteiger partial charge in [0.25, 0.3) is 0 Å². The Balaban J connectivity index is 0.664. The van der Waals surface area contributed by atoms with Crippen LogP contribution in [0.3, 0.4) is 0 Å². The summed E-state index contributed by atoms with van der Waals surface area (Å²) >= 11 is 0. The van der Waals surface area contributed by atoms with Crippen molar-refractivity contribution < 1.29 is 0 Å². The molecule has 0 nitrogen and oxygen atoms in total. The first-order valence-electron chi connectivity index (χ1n) is 27.6. The monoisotopic (exact) mass is 990 g/mol. The Morgan fingerprint density at radius 2 is 0.564 bits per heavy atom. The second-order valence-corrected chi connectivity index (χ2v) is 23.2. The maximum Gasteiger partial charge on any atom is 0.0159 e. The lowest BCUT2D eigenvalue weighted by molar-refractivity contribution is 0.660. The summed E-state index contributed by atoms with van der Waals surface area (Å²) in [6.45, 7) is 9.62. The van der Waals surface area contributed by atoms with Crippen molar-refractivity contribution in [2.45, 2.75) is 38.5 Å². The molecule has 0 unspecified atom stereocenters. The molecule has 0 N–H and O–H groups in total. The maximum absolute atomic E-state index is 2.48. The molecule has 0 bridgehead atoms. The second-order valence-electron chi connectivity index (χ2n) is 23.2. The molecule has 0 heterocycles. The first kappa shape index (κ1) is 44.9. The highest BCUT2D eigenvalue weighted by Gasteiger charge is 2.38. The molecule has 366 valence electrons. The van der Waals surface area contributed by atoms with Crippen LogP contribution < -0.4 is 0 Å². The quantitative estimate of drug-likeness (QED) is 0.156. The SMILES string of the molecule is CC1(C)c2cc(-c3ccc(-c4ccc(-c5cccc6ccccc56)cc4)cc3)ccc2-c2ccc(-c3ccc4c(c3)C(C)(C)c3cc(-c5ccc(-c6c7c(cc8ccccc68)-c6cccc8cccc-7c68)cc5)ccc3-4)cc21. The summed E-state index contributed by atoms with van der Waals surface area (Å²) in [5.74, 6) is 0. The van der Waals surface area contributed by atoms with Crippen LogP contribution in [0.2, 0.25) is 0 Å². The van der Waals surface area contributed by atoms with E-state index >= 15 is 0 Å². The molecule has 3 aliphatic rings. The number of hydrogen-bond acceptors (Lipinski definition) is 0. The molecular formula is C78H54. The van der Waals surface area contributed by atoms with E-state index in [4.69, 9.17) is 0 Å². The summed E-state index contributed by atoms with van der Waals surface area (Å²) in [7, 11) is 0. The van der Waals surface area contributed by atoms with Crippen LogP contribution in [0.5, 0.6) is 0 Å². The first-order valence-corrected chi connectivity index (χ1v) is 27.6. The molecule has 78 heavy (non-hydrogen) atoms. The fourth-order valence-corrected chi connectivity index (χ4v) is 14.1. The molecule has 0 fully saturated rings. The van der Waals surface area contributed by atoms with Gasteiger partial charge in [-0.15, -0.1) is 0 Å². The minimum Gasteiger partial charge on any atom is -0.0616 e. The van der Waals surface area contributed by atoms with Crippen molar-refractivity contribution in [3.8, 4) is 111 Å². The predicted octanol–water partition coefficient (Wildman–Crippen LogP) is 21.4. The van der Waals surface area contributed by atoms with Crippen LogP contribution in [-0.4, -0.2) is 0 Å². The summed E-state index contributed by atoms with van der Waals surface area (Å²) in [6.07, 6.45) is 0. The van der Waals surface area contributed by atoms with Gasteiger partial charge in [0.05, 0.1) is 0 Å². The molecule has 13 aromatic rings. The lowest BCUT2D eigenvalue weighted by Gasteiger charge is -2.24. The Morgan fingerprint density at radius 3 is 1.08 bits per heavy atom. The van der Waals surface area contributed by atoms with E-state index in [2.05, 4.69) is 282 Å². The molecule has 0 aliphatic heterocycles. The third-order valence-corrected chi connectivity index (χ3v) is 18.2. The van der Waals surface area contributed by atoms with Gasteiger partial charge >= 0.3 is 0 Å². The molecular weight excluding hydrogens is 937 g/mol. The molecule has 0 saturated heterocycles. The van der Waals surface area contributed by atoms with E-state index in [0.717, 1.165) is 0 Å². The molecule has 0 heteroatoms. The molecule has 0 atom stereocenters. The highest BCUT2D eigenvalue weighted by atomic mass is 14.4. The minimum absolute atomic E-state index is 0.154. The molecule has 0 saturated carbocycles. The number of benzene rings is 13. The fraction of sp³-hybridized carbons (Fsp3) is 0.0769. The molecule has 3 aliphatic carbocycles. The van der Waals surface area contributed by atoms with Crippen LogP contribution in [0.4, 0.5) is 0 Å². The van der Waals surface area contributed by atoms with Crippen molar-refractivity contribution in [1.29, 1.82) is 0 Å². The molecule has 13 aromatic carbocycles. The Morgan fingerprint density at radius 1 is 0.205 bits per heavy atom. The van der Waals surface area contributed by atoms with E-state index in [-0.39, 0.29) is 10.8 Å². The van der Waals surface area contributed by atoms with Gasteiger partial charge in [0, 0.05) is 10.8 Å². The van der Waals surface area contributed by atoms with Crippen molar-refractivity contribution in [2.24, 2.45) is 0 Å². The van der Waals surface area contributed by atoms with Crippen LogP contribution in [0.25, 0.3) is 144 Å². The normalized spacial score (nSPS) is 13.8. The van der Waals surface area contributed by atoms with Gasteiger partial charge in [-0.3, -0.25) is 0 Å². The van der Waals surface area contributed by atoms with Gasteiger partial charge in [0.2, 0.25) is 0 Å². The summed E-state index contributed by atoms with van der Waals surface area (Å²) < 4.78 is 0. The zero-order chi connectivity index (χ0) is 52.0. The Kier molecular flexibility index (Phi) is 9.54. The standard InChI is InChI=1S/C78H54/c1-77(2)70-43-55(49-24-22-47(23-25-49)48-26-30-52(31-27-48)61-19-9-14-51-12-5-7-17-60(51)61)34-38-63(70)65-40-36-57(45-72(65)77)58-37-41-66-64-39-35-56(44-71(64)78(3,4)73(66)46-58)50-28-32-54(33-29-50)75-62-18-8-6-13-59(62)42-69-67-20-10-15-53-16-11-21-68(74(53)67)76(69)75/h5-46H,1-4H3. The molecule has 0 aromatic heterocycles. The zero-order valence-electron chi connectivity index (χ0n) is 44.2. The predicted molar refractivity (Wildman–Crippen MR) is 331 cm³/mol. The van der Waals surface area contributed by atoms with Crippen molar-refractivity contribution in [3.63, 3.8) is 0 Å². The number of fused-ring (bicyclic) bond motifs is 11. The Labute approximate surface area is 456 Å². The van der Waals surface area contributed by atoms with E-state index in [1.54, 1.807) is 0 Å². The van der Waals surface area contributed by atoms with Crippen molar-refractivity contribution in [3.05, 3.63) is 277 Å². The van der Waals surface area contributed by atoms with Gasteiger partial charge in [-0.25, -0.2) is 0 Å². The largest absolute Gasteiger partial charge is 0.0616 e. The number of rotatable bonds is 6. The molecule has 0 radical (unpaired) electrons. The maximum atomic E-state index is 2.48. The Bertz CT molecular complexity index is 4670. The van der Waals surface area contributed by atoms with Crippen molar-refractivity contribution >= 4 is 32.3 Å². The van der Waals surface area contributed by atoms with Crippen LogP contribution in [-0.2, 0) is 10.8 Å². The van der Waals surface area contributed by atoms with Gasteiger partial charge in [-0.2, -0.15) is 0 Å². The van der Waals surface area contributed by atoms with Gasteiger partial charge in [-0.05, 0) is 196 Å². The molecule has 0 amide bonds. The van der Waals surface area contributed by atoms with Gasteiger partial charge in [0.1, 0.15) is 0 Å². The lowest BCUT2D eigenvalue weighted by atomic mass is 9.79. The van der Waals surface area contributed by atoms with Gasteiger partial charge in [0.15, 0.2) is 0 Å². The average molecular weight is 991 g/mol. The van der Waals surface area contributed by atoms with Crippen molar-refractivity contribution in [2.75, 3.05) is 0 Å². The van der Waals surface area contributed by atoms with Gasteiger partial charge in [-0.1, -0.05) is 252 Å². The zero-order valence-corrected chi connectivity index (χ0v) is 44.2. The first-order chi connectivity index (χ1) is 38.2. The van der Waals surface area contributed by atoms with Crippen LogP contribution >= 0.6 is 0 Å². The highest BCUT2D eigenvalue weighted by Crippen LogP contribution is 2.56. The van der Waals surface area contributed by atoms with E-state index < -0.39 is 0 Å². The van der Waals surface area contributed by atoms with E-state index in [1.807, 2.05) is 0 Å². The Hall–Kier alpha value is -9.36. The topological polar surface area (TPSA) is 0 Å². The molecule has 16 rings (SSSR count). The fourth-order valence-electron chi connectivity index (χ4n) is 14.1. The third kappa shape index (κ3) is 6.60. The summed E-state index contributed by atoms with van der Waals surface area (Å²) in [5, 5.41) is 7.79. The van der Waals surface area contributed by atoms with E-state index in [1.165, 1.54) is 166 Å². The third-order valence-electron chi connectivity index (χ3n) is 18.2. The lowest BCUT2D eigenvalue weighted by Crippen LogP contribution is -2.15. The van der Waals surface area contributed by atoms with Gasteiger partial charge < -0.3 is 0 Å².